The summed E-state index contributed by atoms with van der Waals surface area (Å²) in [6.07, 6.45) is 3.63. The van der Waals surface area contributed by atoms with Crippen LogP contribution in [0, 0.1) is 17.8 Å². The molecule has 1 saturated carbocycles. The van der Waals surface area contributed by atoms with Gasteiger partial charge in [-0.2, -0.15) is 0 Å². The van der Waals surface area contributed by atoms with Gasteiger partial charge in [0, 0.05) is 0 Å². The standard InChI is InChI=1S/C12H22O2/c1-9(2)11-5-10(6-11)7-12(3,4)14-8-13/h8-11H,5-7H2,1-4H3. The Kier molecular flexibility index (Phi) is 3.57. The SMILES string of the molecule is CC(C)C1CC(CC(C)(C)OC=O)C1. The number of rotatable bonds is 5. The first kappa shape index (κ1) is 11.5. The van der Waals surface area contributed by atoms with Gasteiger partial charge in [0.05, 0.1) is 0 Å². The van der Waals surface area contributed by atoms with Gasteiger partial charge in [-0.1, -0.05) is 13.8 Å². The molecule has 2 nitrogen and oxygen atoms in total. The minimum absolute atomic E-state index is 0.269. The fourth-order valence-electron chi connectivity index (χ4n) is 2.37. The molecule has 1 rings (SSSR count). The molecule has 2 heteroatoms. The molecule has 0 unspecified atom stereocenters. The lowest BCUT2D eigenvalue weighted by molar-refractivity contribution is -0.143. The average Bonchev–Trinajstić information content (AvgIpc) is 1.95. The number of ether oxygens (including phenoxy) is 1. The maximum absolute atomic E-state index is 10.3. The van der Waals surface area contributed by atoms with E-state index >= 15 is 0 Å². The molecule has 0 spiro atoms. The lowest BCUT2D eigenvalue weighted by atomic mass is 9.66. The van der Waals surface area contributed by atoms with E-state index in [0.29, 0.717) is 6.47 Å². The number of hydrogen-bond donors (Lipinski definition) is 0. The Hall–Kier alpha value is -0.530. The van der Waals surface area contributed by atoms with E-state index in [9.17, 15) is 4.79 Å². The van der Waals surface area contributed by atoms with Crippen LogP contribution >= 0.6 is 0 Å². The van der Waals surface area contributed by atoms with E-state index in [1.54, 1.807) is 0 Å². The predicted octanol–water partition coefficient (Wildman–Crippen LogP) is 3.01. The Balaban J connectivity index is 2.25. The zero-order valence-electron chi connectivity index (χ0n) is 9.75. The quantitative estimate of drug-likeness (QED) is 0.635. The molecule has 0 saturated heterocycles. The second-order valence-electron chi connectivity index (χ2n) is 5.52. The molecule has 0 atom stereocenters. The molecule has 0 aromatic carbocycles. The van der Waals surface area contributed by atoms with Crippen molar-refractivity contribution in [1.29, 1.82) is 0 Å². The van der Waals surface area contributed by atoms with Gasteiger partial charge in [0.2, 0.25) is 0 Å². The summed E-state index contributed by atoms with van der Waals surface area (Å²) in [5.74, 6) is 2.46. The van der Waals surface area contributed by atoms with Gasteiger partial charge < -0.3 is 4.74 Å². The van der Waals surface area contributed by atoms with Gasteiger partial charge in [-0.15, -0.1) is 0 Å². The smallest absolute Gasteiger partial charge is 0.293 e. The van der Waals surface area contributed by atoms with Crippen molar-refractivity contribution < 1.29 is 9.53 Å². The molecule has 0 aromatic rings. The maximum Gasteiger partial charge on any atom is 0.293 e. The Morgan fingerprint density at radius 2 is 2.00 bits per heavy atom. The third-order valence-corrected chi connectivity index (χ3v) is 3.36. The summed E-state index contributed by atoms with van der Waals surface area (Å²) in [5.41, 5.74) is -0.269. The Labute approximate surface area is 87.0 Å². The van der Waals surface area contributed by atoms with Crippen LogP contribution in [0.5, 0.6) is 0 Å². The lowest BCUT2D eigenvalue weighted by Crippen LogP contribution is -2.35. The first-order valence-corrected chi connectivity index (χ1v) is 5.56. The highest BCUT2D eigenvalue weighted by atomic mass is 16.5. The van der Waals surface area contributed by atoms with Gasteiger partial charge in [-0.05, 0) is 50.9 Å². The summed E-state index contributed by atoms with van der Waals surface area (Å²) in [4.78, 5) is 10.3. The van der Waals surface area contributed by atoms with E-state index < -0.39 is 0 Å². The van der Waals surface area contributed by atoms with Crippen LogP contribution in [0.1, 0.15) is 47.0 Å². The van der Waals surface area contributed by atoms with Crippen LogP contribution in [0.3, 0.4) is 0 Å². The first-order chi connectivity index (χ1) is 6.44. The van der Waals surface area contributed by atoms with Crippen molar-refractivity contribution in [2.24, 2.45) is 17.8 Å². The monoisotopic (exact) mass is 198 g/mol. The minimum atomic E-state index is -0.269. The Morgan fingerprint density at radius 3 is 2.43 bits per heavy atom. The molecule has 0 aliphatic heterocycles. The van der Waals surface area contributed by atoms with Gasteiger partial charge in [0.1, 0.15) is 5.60 Å². The molecule has 1 aliphatic carbocycles. The molecule has 0 bridgehead atoms. The van der Waals surface area contributed by atoms with Crippen molar-refractivity contribution in [2.75, 3.05) is 0 Å². The summed E-state index contributed by atoms with van der Waals surface area (Å²) in [5, 5.41) is 0. The molecule has 0 aromatic heterocycles. The van der Waals surface area contributed by atoms with Crippen LogP contribution in [0.2, 0.25) is 0 Å². The zero-order chi connectivity index (χ0) is 10.8. The van der Waals surface area contributed by atoms with E-state index in [2.05, 4.69) is 13.8 Å². The highest BCUT2D eigenvalue weighted by Gasteiger charge is 2.35. The molecule has 82 valence electrons. The normalized spacial score (nSPS) is 27.2. The third-order valence-electron chi connectivity index (χ3n) is 3.36. The molecule has 0 radical (unpaired) electrons. The maximum atomic E-state index is 10.3. The molecule has 14 heavy (non-hydrogen) atoms. The minimum Gasteiger partial charge on any atom is -0.462 e. The number of hydrogen-bond acceptors (Lipinski definition) is 2. The largest absolute Gasteiger partial charge is 0.462 e. The highest BCUT2D eigenvalue weighted by Crippen LogP contribution is 2.43. The van der Waals surface area contributed by atoms with Crippen LogP contribution in [0.4, 0.5) is 0 Å². The lowest BCUT2D eigenvalue weighted by Gasteiger charge is -2.41. The van der Waals surface area contributed by atoms with Crippen molar-refractivity contribution in [1.82, 2.24) is 0 Å². The van der Waals surface area contributed by atoms with E-state index in [0.717, 1.165) is 24.2 Å². The zero-order valence-corrected chi connectivity index (χ0v) is 9.75. The second kappa shape index (κ2) is 4.33. The van der Waals surface area contributed by atoms with Crippen LogP contribution in [0.25, 0.3) is 0 Å². The summed E-state index contributed by atoms with van der Waals surface area (Å²) in [7, 11) is 0. The highest BCUT2D eigenvalue weighted by molar-refractivity contribution is 5.38. The fraction of sp³-hybridized carbons (Fsp3) is 0.917. The number of carbonyl (C=O) groups is 1. The van der Waals surface area contributed by atoms with Gasteiger partial charge >= 0.3 is 0 Å². The molecular weight excluding hydrogens is 176 g/mol. The van der Waals surface area contributed by atoms with E-state index in [4.69, 9.17) is 4.74 Å². The number of carbonyl (C=O) groups excluding carboxylic acids is 1. The van der Waals surface area contributed by atoms with Gasteiger partial charge in [-0.3, -0.25) is 4.79 Å². The fourth-order valence-corrected chi connectivity index (χ4v) is 2.37. The summed E-state index contributed by atoms with van der Waals surface area (Å²) >= 11 is 0. The van der Waals surface area contributed by atoms with Crippen molar-refractivity contribution in [3.05, 3.63) is 0 Å². The van der Waals surface area contributed by atoms with E-state index in [1.807, 2.05) is 13.8 Å². The average molecular weight is 198 g/mol. The molecule has 0 N–H and O–H groups in total. The van der Waals surface area contributed by atoms with Crippen molar-refractivity contribution in [3.8, 4) is 0 Å². The Morgan fingerprint density at radius 1 is 1.43 bits per heavy atom. The first-order valence-electron chi connectivity index (χ1n) is 5.56. The van der Waals surface area contributed by atoms with E-state index in [-0.39, 0.29) is 5.60 Å². The predicted molar refractivity (Wildman–Crippen MR) is 56.9 cm³/mol. The molecule has 0 amide bonds. The van der Waals surface area contributed by atoms with Gasteiger partial charge in [-0.25, -0.2) is 0 Å². The Bertz CT molecular complexity index is 190. The molecule has 1 aliphatic rings. The summed E-state index contributed by atoms with van der Waals surface area (Å²) in [6.45, 7) is 9.12. The van der Waals surface area contributed by atoms with Crippen LogP contribution in [-0.2, 0) is 9.53 Å². The van der Waals surface area contributed by atoms with Crippen LogP contribution in [0.15, 0.2) is 0 Å². The second-order valence-corrected chi connectivity index (χ2v) is 5.52. The molecule has 1 fully saturated rings. The topological polar surface area (TPSA) is 26.3 Å². The van der Waals surface area contributed by atoms with Crippen molar-refractivity contribution in [2.45, 2.75) is 52.6 Å². The van der Waals surface area contributed by atoms with Gasteiger partial charge in [0.15, 0.2) is 0 Å². The van der Waals surface area contributed by atoms with E-state index in [1.165, 1.54) is 12.8 Å². The van der Waals surface area contributed by atoms with Crippen molar-refractivity contribution in [3.63, 3.8) is 0 Å². The molecular formula is C12H22O2. The van der Waals surface area contributed by atoms with Crippen LogP contribution in [-0.4, -0.2) is 12.1 Å². The van der Waals surface area contributed by atoms with Gasteiger partial charge in [0.25, 0.3) is 6.47 Å². The van der Waals surface area contributed by atoms with Crippen LogP contribution < -0.4 is 0 Å². The molecule has 0 heterocycles. The third kappa shape index (κ3) is 3.00. The van der Waals surface area contributed by atoms with Crippen molar-refractivity contribution >= 4 is 6.47 Å². The summed E-state index contributed by atoms with van der Waals surface area (Å²) < 4.78 is 5.05. The summed E-state index contributed by atoms with van der Waals surface area (Å²) in [6, 6.07) is 0.